The summed E-state index contributed by atoms with van der Waals surface area (Å²) < 4.78 is 0. The first-order chi connectivity index (χ1) is 3.50. The predicted octanol–water partition coefficient (Wildman–Crippen LogP) is -0.875. The first-order valence-electron chi connectivity index (χ1n) is 1.92. The van der Waals surface area contributed by atoms with Crippen LogP contribution in [0.5, 0.6) is 0 Å². The van der Waals surface area contributed by atoms with E-state index in [1.807, 2.05) is 0 Å². The number of nitroso groups, excluding NO2 is 1. The van der Waals surface area contributed by atoms with Crippen LogP contribution in [0.4, 0.5) is 0 Å². The normalized spacial score (nSPS) is 12.5. The molecule has 5 heteroatoms. The Hall–Kier alpha value is -0.970. The molecule has 0 spiro atoms. The van der Waals surface area contributed by atoms with E-state index < -0.39 is 0 Å². The molecule has 1 rings (SSSR count). The summed E-state index contributed by atoms with van der Waals surface area (Å²) in [6.45, 7) is 1.99. The van der Waals surface area contributed by atoms with E-state index >= 15 is 0 Å². The fraction of sp³-hybridized carbons (Fsp3) is 0.667. The molecule has 1 aliphatic rings. The Morgan fingerprint density at radius 3 is 2.38 bits per heavy atom. The molecule has 0 aromatic rings. The quantitative estimate of drug-likeness (QED) is 0.405. The van der Waals surface area contributed by atoms with E-state index in [2.05, 4.69) is 15.9 Å². The summed E-state index contributed by atoms with van der Waals surface area (Å²) in [6, 6.07) is 0. The van der Waals surface area contributed by atoms with Crippen molar-refractivity contribution in [2.45, 2.75) is 0 Å². The minimum atomic E-state index is 0. The zero-order valence-electron chi connectivity index (χ0n) is 4.35. The second-order valence-corrected chi connectivity index (χ2v) is 0.989. The summed E-state index contributed by atoms with van der Waals surface area (Å²) in [5.74, 6) is 0. The van der Waals surface area contributed by atoms with Crippen LogP contribution >= 0.6 is 0 Å². The second kappa shape index (κ2) is 9.39. The molecule has 0 unspecified atom stereocenters. The monoisotopic (exact) mass is 119 g/mol. The summed E-state index contributed by atoms with van der Waals surface area (Å²) in [6.07, 6.45) is 1.74. The van der Waals surface area contributed by atoms with Gasteiger partial charge in [-0.2, -0.15) is 4.91 Å². The van der Waals surface area contributed by atoms with Crippen molar-refractivity contribution in [3.63, 3.8) is 0 Å². The third-order valence-electron chi connectivity index (χ3n) is 0.568. The lowest BCUT2D eigenvalue weighted by Crippen LogP contribution is -2.04. The molecule has 0 radical (unpaired) electrons. The smallest absolute Gasteiger partial charge is 0.0825 e. The van der Waals surface area contributed by atoms with Crippen molar-refractivity contribution < 1.29 is 5.48 Å². The Bertz CT molecular complexity index is 59.5. The average molecular weight is 119 g/mol. The van der Waals surface area contributed by atoms with E-state index in [9.17, 15) is 0 Å². The topological polar surface area (TPSA) is 96.8 Å². The zero-order valence-corrected chi connectivity index (χ0v) is 4.35. The first-order valence-corrected chi connectivity index (χ1v) is 1.92. The SMILES string of the molecule is C1=NCCN1.N=O.O. The second-order valence-electron chi connectivity index (χ2n) is 0.989. The Morgan fingerprint density at radius 1 is 1.62 bits per heavy atom. The molecular weight excluding hydrogens is 110 g/mol. The molecule has 1 aliphatic heterocycles. The molecule has 0 atom stereocenters. The van der Waals surface area contributed by atoms with Crippen LogP contribution in [-0.4, -0.2) is 24.9 Å². The van der Waals surface area contributed by atoms with Crippen molar-refractivity contribution in [1.82, 2.24) is 5.32 Å². The van der Waals surface area contributed by atoms with Crippen LogP contribution in [0.15, 0.2) is 4.99 Å². The van der Waals surface area contributed by atoms with Gasteiger partial charge >= 0.3 is 0 Å². The third kappa shape index (κ3) is 5.03. The number of hydrogen-bond donors (Lipinski definition) is 2. The Labute approximate surface area is 46.9 Å². The van der Waals surface area contributed by atoms with Gasteiger partial charge in [-0.05, 0) is 0 Å². The van der Waals surface area contributed by atoms with Crippen molar-refractivity contribution >= 4 is 6.34 Å². The largest absolute Gasteiger partial charge is 0.412 e. The highest BCUT2D eigenvalue weighted by atomic mass is 16.2. The molecule has 5 nitrogen and oxygen atoms in total. The van der Waals surface area contributed by atoms with Crippen LogP contribution in [0.25, 0.3) is 0 Å². The van der Waals surface area contributed by atoms with E-state index in [4.69, 9.17) is 4.91 Å². The van der Waals surface area contributed by atoms with E-state index in [1.165, 1.54) is 0 Å². The molecule has 0 saturated carbocycles. The molecule has 8 heavy (non-hydrogen) atoms. The van der Waals surface area contributed by atoms with Crippen molar-refractivity contribution in [3.05, 3.63) is 4.91 Å². The maximum absolute atomic E-state index is 7.50. The van der Waals surface area contributed by atoms with Crippen molar-refractivity contribution in [3.8, 4) is 0 Å². The van der Waals surface area contributed by atoms with Gasteiger partial charge in [0.15, 0.2) is 0 Å². The standard InChI is InChI=1S/C3H6N2.HNO.H2O/c1-2-5-3-4-1;1-2;/h3H,1-2H2,(H,4,5);1H;1H2. The minimum absolute atomic E-state index is 0. The number of nitrogens with zero attached hydrogens (tertiary/aromatic N) is 1. The summed E-state index contributed by atoms with van der Waals surface area (Å²) in [7, 11) is 0. The third-order valence-corrected chi connectivity index (χ3v) is 0.568. The number of hydrogen-bond acceptors (Lipinski definition) is 4. The number of rotatable bonds is 0. The highest BCUT2D eigenvalue weighted by Crippen LogP contribution is 1.68. The fourth-order valence-electron chi connectivity index (χ4n) is 0.323. The Kier molecular flexibility index (Phi) is 11.9. The van der Waals surface area contributed by atoms with E-state index in [0.29, 0.717) is 0 Å². The summed E-state index contributed by atoms with van der Waals surface area (Å²) >= 11 is 0. The summed E-state index contributed by atoms with van der Waals surface area (Å²) in [4.78, 5) is 11.3. The van der Waals surface area contributed by atoms with Crippen LogP contribution in [0.1, 0.15) is 0 Å². The van der Waals surface area contributed by atoms with Gasteiger partial charge in [0.1, 0.15) is 0 Å². The lowest BCUT2D eigenvalue weighted by molar-refractivity contribution is 0.824. The van der Waals surface area contributed by atoms with Crippen LogP contribution < -0.4 is 5.32 Å². The predicted molar refractivity (Wildman–Crippen MR) is 31.1 cm³/mol. The van der Waals surface area contributed by atoms with Gasteiger partial charge in [-0.1, -0.05) is 5.59 Å². The lowest BCUT2D eigenvalue weighted by Gasteiger charge is -1.75. The molecule has 0 aromatic carbocycles. The average Bonchev–Trinajstić information content (AvgIpc) is 2.23. The van der Waals surface area contributed by atoms with Crippen LogP contribution in [-0.2, 0) is 0 Å². The lowest BCUT2D eigenvalue weighted by atomic mass is 10.7. The molecule has 48 valence electrons. The van der Waals surface area contributed by atoms with Crippen molar-refractivity contribution in [1.29, 1.82) is 5.59 Å². The van der Waals surface area contributed by atoms with Gasteiger partial charge in [-0.3, -0.25) is 4.99 Å². The highest BCUT2D eigenvalue weighted by molar-refractivity contribution is 5.56. The Balaban J connectivity index is 0. The Morgan fingerprint density at radius 2 is 2.25 bits per heavy atom. The molecule has 0 amide bonds. The van der Waals surface area contributed by atoms with E-state index in [0.717, 1.165) is 13.1 Å². The van der Waals surface area contributed by atoms with Crippen LogP contribution in [0.3, 0.4) is 0 Å². The van der Waals surface area contributed by atoms with Crippen LogP contribution in [0, 0.1) is 10.5 Å². The minimum Gasteiger partial charge on any atom is -0.412 e. The van der Waals surface area contributed by atoms with Crippen molar-refractivity contribution in [2.24, 2.45) is 4.99 Å². The fourth-order valence-corrected chi connectivity index (χ4v) is 0.323. The molecule has 0 bridgehead atoms. The molecule has 0 fully saturated rings. The van der Waals surface area contributed by atoms with Crippen LogP contribution in [0.2, 0.25) is 0 Å². The van der Waals surface area contributed by atoms with Gasteiger partial charge in [0.25, 0.3) is 0 Å². The van der Waals surface area contributed by atoms with Gasteiger partial charge < -0.3 is 10.8 Å². The molecule has 4 N–H and O–H groups in total. The molecule has 1 heterocycles. The molecular formula is C3H9N3O2. The summed E-state index contributed by atoms with van der Waals surface area (Å²) in [5, 5.41) is 2.93. The maximum atomic E-state index is 7.50. The molecule has 0 aromatic heterocycles. The zero-order chi connectivity index (χ0) is 5.54. The molecule has 0 aliphatic carbocycles. The van der Waals surface area contributed by atoms with Gasteiger partial charge in [-0.25, -0.2) is 0 Å². The first kappa shape index (κ1) is 10.1. The summed E-state index contributed by atoms with van der Waals surface area (Å²) in [5.41, 5.74) is 4.50. The highest BCUT2D eigenvalue weighted by Gasteiger charge is 1.82. The van der Waals surface area contributed by atoms with Gasteiger partial charge in [0, 0.05) is 6.54 Å². The van der Waals surface area contributed by atoms with Crippen molar-refractivity contribution in [2.75, 3.05) is 13.1 Å². The molecule has 0 saturated heterocycles. The maximum Gasteiger partial charge on any atom is 0.0825 e. The van der Waals surface area contributed by atoms with E-state index in [-0.39, 0.29) is 5.48 Å². The van der Waals surface area contributed by atoms with E-state index in [1.54, 1.807) is 6.34 Å². The van der Waals surface area contributed by atoms with Gasteiger partial charge in [0.2, 0.25) is 0 Å². The van der Waals surface area contributed by atoms with Gasteiger partial charge in [-0.15, -0.1) is 0 Å². The number of nitrogens with one attached hydrogen (secondary N) is 2. The number of aliphatic imine (C=N–C) groups is 1. The van der Waals surface area contributed by atoms with Gasteiger partial charge in [0.05, 0.1) is 12.9 Å².